The second-order valence-electron chi connectivity index (χ2n) is 4.07. The van der Waals surface area contributed by atoms with E-state index in [9.17, 15) is 0 Å². The highest BCUT2D eigenvalue weighted by molar-refractivity contribution is 7.99. The predicted octanol–water partition coefficient (Wildman–Crippen LogP) is 4.28. The molecule has 3 heteroatoms. The molecule has 1 nitrogen and oxygen atoms in total. The molecule has 90 valence electrons. The van der Waals surface area contributed by atoms with Crippen LogP contribution in [0.4, 0.5) is 5.69 Å². The predicted molar refractivity (Wildman–Crippen MR) is 77.0 cm³/mol. The molecule has 0 saturated carbocycles. The summed E-state index contributed by atoms with van der Waals surface area (Å²) in [6.07, 6.45) is 2.40. The molecule has 1 aromatic rings. The molecular weight excluding hydrogens is 238 g/mol. The van der Waals surface area contributed by atoms with Crippen molar-refractivity contribution in [2.45, 2.75) is 31.9 Å². The average molecular weight is 258 g/mol. The smallest absolute Gasteiger partial charge is 0.0384 e. The Morgan fingerprint density at radius 1 is 1.44 bits per heavy atom. The van der Waals surface area contributed by atoms with Crippen LogP contribution in [-0.2, 0) is 6.42 Å². The minimum absolute atomic E-state index is 0. The van der Waals surface area contributed by atoms with Gasteiger partial charge in [0.15, 0.2) is 0 Å². The van der Waals surface area contributed by atoms with Crippen LogP contribution >= 0.6 is 24.2 Å². The topological polar surface area (TPSA) is 12.0 Å². The van der Waals surface area contributed by atoms with Crippen LogP contribution < -0.4 is 5.32 Å². The highest BCUT2D eigenvalue weighted by Gasteiger charge is 2.13. The number of fused-ring (bicyclic) bond motifs is 1. The van der Waals surface area contributed by atoms with Gasteiger partial charge in [-0.1, -0.05) is 19.1 Å². The van der Waals surface area contributed by atoms with Crippen LogP contribution in [0.15, 0.2) is 18.2 Å². The van der Waals surface area contributed by atoms with Gasteiger partial charge in [-0.2, -0.15) is 11.8 Å². The molecule has 0 aliphatic carbocycles. The number of halogens is 1. The molecule has 1 heterocycles. The third-order valence-corrected chi connectivity index (χ3v) is 4.24. The monoisotopic (exact) mass is 257 g/mol. The fraction of sp³-hybridized carbons (Fsp3) is 0.538. The third kappa shape index (κ3) is 3.08. The van der Waals surface area contributed by atoms with Crippen LogP contribution in [-0.4, -0.2) is 12.3 Å². The summed E-state index contributed by atoms with van der Waals surface area (Å²) in [6.45, 7) is 5.64. The zero-order valence-electron chi connectivity index (χ0n) is 9.95. The van der Waals surface area contributed by atoms with Gasteiger partial charge in [0, 0.05) is 17.5 Å². The van der Waals surface area contributed by atoms with E-state index in [1.54, 1.807) is 0 Å². The molecular formula is C13H20ClNS. The minimum Gasteiger partial charge on any atom is -0.385 e. The summed E-state index contributed by atoms with van der Waals surface area (Å²) in [6, 6.07) is 6.85. The Hall–Kier alpha value is -0.340. The van der Waals surface area contributed by atoms with Crippen molar-refractivity contribution in [1.82, 2.24) is 0 Å². The van der Waals surface area contributed by atoms with Crippen LogP contribution in [0.1, 0.15) is 36.6 Å². The lowest BCUT2D eigenvalue weighted by atomic mass is 10.0. The van der Waals surface area contributed by atoms with Gasteiger partial charge in [-0.15, -0.1) is 12.4 Å². The van der Waals surface area contributed by atoms with Gasteiger partial charge in [-0.05, 0) is 42.7 Å². The van der Waals surface area contributed by atoms with Crippen molar-refractivity contribution < 1.29 is 0 Å². The van der Waals surface area contributed by atoms with E-state index in [-0.39, 0.29) is 12.4 Å². The molecule has 16 heavy (non-hydrogen) atoms. The van der Waals surface area contributed by atoms with E-state index >= 15 is 0 Å². The molecule has 0 amide bonds. The van der Waals surface area contributed by atoms with Crippen molar-refractivity contribution in [2.24, 2.45) is 0 Å². The fourth-order valence-corrected chi connectivity index (χ4v) is 3.01. The van der Waals surface area contributed by atoms with E-state index in [1.165, 1.54) is 29.0 Å². The minimum atomic E-state index is 0. The lowest BCUT2D eigenvalue weighted by Gasteiger charge is -2.21. The van der Waals surface area contributed by atoms with Crippen molar-refractivity contribution in [3.63, 3.8) is 0 Å². The summed E-state index contributed by atoms with van der Waals surface area (Å²) < 4.78 is 0. The van der Waals surface area contributed by atoms with E-state index in [0.717, 1.165) is 13.0 Å². The Labute approximate surface area is 109 Å². The zero-order chi connectivity index (χ0) is 10.7. The van der Waals surface area contributed by atoms with Crippen LogP contribution in [0.3, 0.4) is 0 Å². The lowest BCUT2D eigenvalue weighted by Crippen LogP contribution is -2.10. The van der Waals surface area contributed by atoms with Crippen molar-refractivity contribution in [2.75, 3.05) is 17.6 Å². The number of thioether (sulfide) groups is 1. The summed E-state index contributed by atoms with van der Waals surface area (Å²) in [5.74, 6) is 1.27. The first kappa shape index (κ1) is 13.7. The first-order valence-corrected chi connectivity index (χ1v) is 6.84. The number of aryl methyl sites for hydroxylation is 1. The largest absolute Gasteiger partial charge is 0.385 e. The van der Waals surface area contributed by atoms with Crippen LogP contribution in [0.5, 0.6) is 0 Å². The molecule has 0 saturated heterocycles. The molecule has 1 aliphatic heterocycles. The number of hydrogen-bond donors (Lipinski definition) is 1. The van der Waals surface area contributed by atoms with Crippen LogP contribution in [0.25, 0.3) is 0 Å². The maximum absolute atomic E-state index is 3.53. The zero-order valence-corrected chi connectivity index (χ0v) is 11.6. The number of anilines is 1. The molecule has 0 aromatic heterocycles. The Kier molecular flexibility index (Phi) is 5.50. The van der Waals surface area contributed by atoms with E-state index in [4.69, 9.17) is 0 Å². The van der Waals surface area contributed by atoms with Crippen LogP contribution in [0, 0.1) is 0 Å². The number of rotatable bonds is 1. The van der Waals surface area contributed by atoms with Gasteiger partial charge in [0.25, 0.3) is 0 Å². The molecule has 2 rings (SSSR count). The Morgan fingerprint density at radius 3 is 3.00 bits per heavy atom. The highest BCUT2D eigenvalue weighted by Crippen LogP contribution is 2.35. The van der Waals surface area contributed by atoms with Crippen molar-refractivity contribution in [1.29, 1.82) is 0 Å². The van der Waals surface area contributed by atoms with Crippen LogP contribution in [0.2, 0.25) is 0 Å². The average Bonchev–Trinajstić information content (AvgIpc) is 2.26. The second-order valence-corrected chi connectivity index (χ2v) is 5.52. The van der Waals surface area contributed by atoms with Crippen molar-refractivity contribution >= 4 is 29.9 Å². The first-order valence-electron chi connectivity index (χ1n) is 5.79. The third-order valence-electron chi connectivity index (χ3n) is 2.97. The summed E-state index contributed by atoms with van der Waals surface area (Å²) in [4.78, 5) is 0. The van der Waals surface area contributed by atoms with Gasteiger partial charge >= 0.3 is 0 Å². The molecule has 1 unspecified atom stereocenters. The lowest BCUT2D eigenvalue weighted by molar-refractivity contribution is 0.953. The molecule has 1 aromatic carbocycles. The van der Waals surface area contributed by atoms with Crippen molar-refractivity contribution in [3.05, 3.63) is 29.3 Å². The van der Waals surface area contributed by atoms with Crippen molar-refractivity contribution in [3.8, 4) is 0 Å². The van der Waals surface area contributed by atoms with E-state index in [1.807, 2.05) is 0 Å². The second kappa shape index (κ2) is 6.41. The molecule has 1 N–H and O–H groups in total. The Morgan fingerprint density at radius 2 is 2.25 bits per heavy atom. The number of nitrogens with one attached hydrogen (secondary N) is 1. The highest BCUT2D eigenvalue weighted by atomic mass is 35.5. The number of benzene rings is 1. The number of hydrogen-bond acceptors (Lipinski definition) is 2. The normalized spacial score (nSPS) is 19.8. The fourth-order valence-electron chi connectivity index (χ4n) is 1.97. The van der Waals surface area contributed by atoms with E-state index < -0.39 is 0 Å². The molecule has 0 spiro atoms. The SMILES string of the molecule is CCc1ccc2c(c1)C(C)SCCCN2.Cl. The Bertz CT molecular complexity index is 341. The van der Waals surface area contributed by atoms with E-state index in [2.05, 4.69) is 49.1 Å². The van der Waals surface area contributed by atoms with Gasteiger partial charge < -0.3 is 5.32 Å². The summed E-state index contributed by atoms with van der Waals surface area (Å²) in [7, 11) is 0. The van der Waals surface area contributed by atoms with E-state index in [0.29, 0.717) is 5.25 Å². The van der Waals surface area contributed by atoms with Gasteiger partial charge in [-0.3, -0.25) is 0 Å². The summed E-state index contributed by atoms with van der Waals surface area (Å²) in [5, 5.41) is 4.16. The molecule has 0 bridgehead atoms. The van der Waals surface area contributed by atoms with Gasteiger partial charge in [0.2, 0.25) is 0 Å². The maximum Gasteiger partial charge on any atom is 0.0384 e. The van der Waals surface area contributed by atoms with Gasteiger partial charge in [0.05, 0.1) is 0 Å². The van der Waals surface area contributed by atoms with Gasteiger partial charge in [-0.25, -0.2) is 0 Å². The maximum atomic E-state index is 3.53. The molecule has 0 fully saturated rings. The molecule has 0 radical (unpaired) electrons. The standard InChI is InChI=1S/C13H19NS.ClH/c1-3-11-5-6-13-12(9-11)10(2)15-8-4-7-14-13;/h5-6,9-10,14H,3-4,7-8H2,1-2H3;1H. The van der Waals surface area contributed by atoms with Gasteiger partial charge in [0.1, 0.15) is 0 Å². The first-order chi connectivity index (χ1) is 7.31. The summed E-state index contributed by atoms with van der Waals surface area (Å²) >= 11 is 2.07. The summed E-state index contributed by atoms with van der Waals surface area (Å²) in [5.41, 5.74) is 4.27. The molecule has 1 aliphatic rings. The Balaban J connectivity index is 0.00000128. The quantitative estimate of drug-likeness (QED) is 0.806. The molecule has 1 atom stereocenters.